The largest absolute Gasteiger partial charge is 0.203 e. The van der Waals surface area contributed by atoms with Crippen LogP contribution < -0.4 is 0 Å². The maximum Gasteiger partial charge on any atom is 0.166 e. The van der Waals surface area contributed by atoms with Crippen LogP contribution in [0.25, 0.3) is 11.1 Å². The van der Waals surface area contributed by atoms with E-state index in [2.05, 4.69) is 6.92 Å². The number of hydrogen-bond acceptors (Lipinski definition) is 0. The van der Waals surface area contributed by atoms with E-state index in [1.165, 1.54) is 24.8 Å². The van der Waals surface area contributed by atoms with E-state index in [0.717, 1.165) is 18.4 Å². The van der Waals surface area contributed by atoms with Crippen LogP contribution >= 0.6 is 0 Å². The van der Waals surface area contributed by atoms with Crippen LogP contribution in [0.3, 0.4) is 0 Å². The van der Waals surface area contributed by atoms with Crippen LogP contribution in [0.5, 0.6) is 0 Å². The van der Waals surface area contributed by atoms with Crippen LogP contribution in [0.4, 0.5) is 8.78 Å². The molecule has 0 spiro atoms. The fourth-order valence-electron chi connectivity index (χ4n) is 2.70. The second-order valence-electron chi connectivity index (χ2n) is 5.80. The van der Waals surface area contributed by atoms with Crippen molar-refractivity contribution in [3.8, 4) is 11.1 Å². The molecule has 0 aliphatic heterocycles. The van der Waals surface area contributed by atoms with Crippen molar-refractivity contribution in [1.82, 2.24) is 0 Å². The molecule has 0 aromatic heterocycles. The molecule has 0 saturated carbocycles. The van der Waals surface area contributed by atoms with Gasteiger partial charge in [0.05, 0.1) is 0 Å². The minimum atomic E-state index is -0.732. The summed E-state index contributed by atoms with van der Waals surface area (Å²) in [7, 11) is 0. The molecule has 0 atom stereocenters. The molecule has 0 unspecified atom stereocenters. The zero-order valence-corrected chi connectivity index (χ0v) is 13.5. The van der Waals surface area contributed by atoms with Crippen LogP contribution in [0.15, 0.2) is 36.4 Å². The number of aryl methyl sites for hydroxylation is 2. The zero-order valence-electron chi connectivity index (χ0n) is 13.5. The van der Waals surface area contributed by atoms with Crippen LogP contribution in [-0.4, -0.2) is 0 Å². The summed E-state index contributed by atoms with van der Waals surface area (Å²) in [6, 6.07) is 11.2. The lowest BCUT2D eigenvalue weighted by molar-refractivity contribution is 0.500. The number of benzene rings is 2. The molecule has 0 aliphatic carbocycles. The zero-order chi connectivity index (χ0) is 15.9. The second-order valence-corrected chi connectivity index (χ2v) is 5.80. The molecule has 0 N–H and O–H groups in total. The molecule has 0 radical (unpaired) electrons. The SMILES string of the molecule is CCCCCc1ccc(-c2ccc(CCC)c(F)c2F)cc1. The summed E-state index contributed by atoms with van der Waals surface area (Å²) in [6.07, 6.45) is 6.01. The molecular weight excluding hydrogens is 278 g/mol. The van der Waals surface area contributed by atoms with Crippen LogP contribution in [0.2, 0.25) is 0 Å². The normalized spacial score (nSPS) is 10.9. The van der Waals surface area contributed by atoms with Gasteiger partial charge in [-0.3, -0.25) is 0 Å². The van der Waals surface area contributed by atoms with Gasteiger partial charge in [0.2, 0.25) is 0 Å². The highest BCUT2D eigenvalue weighted by molar-refractivity contribution is 5.65. The summed E-state index contributed by atoms with van der Waals surface area (Å²) in [5.41, 5.74) is 2.79. The summed E-state index contributed by atoms with van der Waals surface area (Å²) in [5, 5.41) is 0. The van der Waals surface area contributed by atoms with E-state index in [1.54, 1.807) is 12.1 Å². The monoisotopic (exact) mass is 302 g/mol. The standard InChI is InChI=1S/C20H24F2/c1-3-5-6-8-15-9-11-16(12-10-15)18-14-13-17(7-4-2)19(21)20(18)22/h9-14H,3-8H2,1-2H3. The van der Waals surface area contributed by atoms with Crippen molar-refractivity contribution in [2.45, 2.75) is 52.4 Å². The number of unbranched alkanes of at least 4 members (excludes halogenated alkanes) is 2. The second kappa shape index (κ2) is 8.07. The van der Waals surface area contributed by atoms with Crippen molar-refractivity contribution in [2.75, 3.05) is 0 Å². The molecule has 0 nitrogen and oxygen atoms in total. The average Bonchev–Trinajstić information content (AvgIpc) is 2.53. The lowest BCUT2D eigenvalue weighted by atomic mass is 9.98. The average molecular weight is 302 g/mol. The Balaban J connectivity index is 2.19. The van der Waals surface area contributed by atoms with Gasteiger partial charge < -0.3 is 0 Å². The molecule has 118 valence electrons. The summed E-state index contributed by atoms with van der Waals surface area (Å²) in [5.74, 6) is -1.43. The molecule has 0 aliphatic rings. The molecular formula is C20H24F2. The van der Waals surface area contributed by atoms with E-state index >= 15 is 0 Å². The molecule has 0 saturated heterocycles. The van der Waals surface area contributed by atoms with Crippen molar-refractivity contribution < 1.29 is 8.78 Å². The predicted octanol–water partition coefficient (Wildman–Crippen LogP) is 6.32. The third-order valence-corrected chi connectivity index (χ3v) is 4.02. The number of rotatable bonds is 7. The topological polar surface area (TPSA) is 0 Å². The molecule has 2 aromatic carbocycles. The van der Waals surface area contributed by atoms with E-state index < -0.39 is 11.6 Å². The van der Waals surface area contributed by atoms with Crippen molar-refractivity contribution in [3.63, 3.8) is 0 Å². The lowest BCUT2D eigenvalue weighted by Gasteiger charge is -2.09. The van der Waals surface area contributed by atoms with Gasteiger partial charge in [0.1, 0.15) is 0 Å². The minimum Gasteiger partial charge on any atom is -0.203 e. The van der Waals surface area contributed by atoms with E-state index in [9.17, 15) is 8.78 Å². The highest BCUT2D eigenvalue weighted by atomic mass is 19.2. The van der Waals surface area contributed by atoms with Gasteiger partial charge in [0.15, 0.2) is 11.6 Å². The fraction of sp³-hybridized carbons (Fsp3) is 0.400. The van der Waals surface area contributed by atoms with Gasteiger partial charge in [0.25, 0.3) is 0 Å². The number of halogens is 2. The van der Waals surface area contributed by atoms with Gasteiger partial charge in [-0.05, 0) is 36.0 Å². The summed E-state index contributed by atoms with van der Waals surface area (Å²) >= 11 is 0. The van der Waals surface area contributed by atoms with Crippen LogP contribution in [0.1, 0.15) is 50.7 Å². The maximum atomic E-state index is 14.2. The first kappa shape index (κ1) is 16.7. The first-order chi connectivity index (χ1) is 10.7. The Kier molecular flexibility index (Phi) is 6.11. The molecule has 2 aromatic rings. The van der Waals surface area contributed by atoms with E-state index in [1.807, 2.05) is 31.2 Å². The molecule has 0 heterocycles. The van der Waals surface area contributed by atoms with Gasteiger partial charge >= 0.3 is 0 Å². The van der Waals surface area contributed by atoms with E-state index in [4.69, 9.17) is 0 Å². The summed E-state index contributed by atoms with van der Waals surface area (Å²) < 4.78 is 28.3. The first-order valence-electron chi connectivity index (χ1n) is 8.23. The van der Waals surface area contributed by atoms with Crippen molar-refractivity contribution in [3.05, 3.63) is 59.2 Å². The summed E-state index contributed by atoms with van der Waals surface area (Å²) in [6.45, 7) is 4.14. The smallest absolute Gasteiger partial charge is 0.166 e. The Hall–Kier alpha value is -1.70. The van der Waals surface area contributed by atoms with Gasteiger partial charge in [0, 0.05) is 5.56 Å². The quantitative estimate of drug-likeness (QED) is 0.525. The van der Waals surface area contributed by atoms with Gasteiger partial charge in [-0.1, -0.05) is 69.5 Å². The highest BCUT2D eigenvalue weighted by Gasteiger charge is 2.14. The van der Waals surface area contributed by atoms with Crippen molar-refractivity contribution >= 4 is 0 Å². The van der Waals surface area contributed by atoms with Gasteiger partial charge in [-0.25, -0.2) is 8.78 Å². The predicted molar refractivity (Wildman–Crippen MR) is 89.0 cm³/mol. The molecule has 22 heavy (non-hydrogen) atoms. The maximum absolute atomic E-state index is 14.2. The molecule has 0 amide bonds. The number of hydrogen-bond donors (Lipinski definition) is 0. The van der Waals surface area contributed by atoms with E-state index in [-0.39, 0.29) is 0 Å². The molecule has 2 heteroatoms. The minimum absolute atomic E-state index is 0.345. The lowest BCUT2D eigenvalue weighted by Crippen LogP contribution is -1.97. The van der Waals surface area contributed by atoms with Crippen LogP contribution in [0, 0.1) is 11.6 Å². The first-order valence-corrected chi connectivity index (χ1v) is 8.23. The van der Waals surface area contributed by atoms with Crippen molar-refractivity contribution in [1.29, 1.82) is 0 Å². The fourth-order valence-corrected chi connectivity index (χ4v) is 2.70. The molecule has 0 fully saturated rings. The third-order valence-electron chi connectivity index (χ3n) is 4.02. The Morgan fingerprint density at radius 1 is 0.727 bits per heavy atom. The third kappa shape index (κ3) is 3.94. The Morgan fingerprint density at radius 3 is 2.09 bits per heavy atom. The molecule has 2 rings (SSSR count). The van der Waals surface area contributed by atoms with Gasteiger partial charge in [-0.2, -0.15) is 0 Å². The summed E-state index contributed by atoms with van der Waals surface area (Å²) in [4.78, 5) is 0. The Labute approximate surface area is 132 Å². The Bertz CT molecular complexity index is 600. The highest BCUT2D eigenvalue weighted by Crippen LogP contribution is 2.27. The van der Waals surface area contributed by atoms with Crippen LogP contribution in [-0.2, 0) is 12.8 Å². The van der Waals surface area contributed by atoms with Gasteiger partial charge in [-0.15, -0.1) is 0 Å². The van der Waals surface area contributed by atoms with Crippen molar-refractivity contribution in [2.24, 2.45) is 0 Å². The van der Waals surface area contributed by atoms with E-state index in [0.29, 0.717) is 17.5 Å². The molecule has 0 bridgehead atoms. The Morgan fingerprint density at radius 2 is 1.45 bits per heavy atom.